The number of hydrogen-bond donors (Lipinski definition) is 2. The lowest BCUT2D eigenvalue weighted by Crippen LogP contribution is -3.01. The first-order valence-corrected chi connectivity index (χ1v) is 2.07. The van der Waals surface area contributed by atoms with Crippen LogP contribution in [0.3, 0.4) is 0 Å². The second kappa shape index (κ2) is 1.44. The van der Waals surface area contributed by atoms with Crippen molar-refractivity contribution in [2.75, 3.05) is 6.54 Å². The van der Waals surface area contributed by atoms with Gasteiger partial charge in [-0.2, -0.15) is 0 Å². The summed E-state index contributed by atoms with van der Waals surface area (Å²) in [7, 11) is 0. The van der Waals surface area contributed by atoms with E-state index in [1.165, 1.54) is 12.3 Å². The van der Waals surface area contributed by atoms with Gasteiger partial charge in [-0.1, -0.05) is 0 Å². The fourth-order valence-corrected chi connectivity index (χ4v) is 0.499. The van der Waals surface area contributed by atoms with E-state index in [0.717, 1.165) is 0 Å². The molecule has 7 heavy (non-hydrogen) atoms. The Morgan fingerprint density at radius 3 is 2.71 bits per heavy atom. The molecule has 2 N–H and O–H groups in total. The van der Waals surface area contributed by atoms with Crippen molar-refractivity contribution in [3.05, 3.63) is 17.5 Å². The van der Waals surface area contributed by atoms with Crippen LogP contribution in [-0.2, 0) is 0 Å². The summed E-state index contributed by atoms with van der Waals surface area (Å²) in [6, 6.07) is 0. The summed E-state index contributed by atoms with van der Waals surface area (Å²) < 4.78 is 0. The number of hydroxylamine groups is 2. The van der Waals surface area contributed by atoms with Crippen molar-refractivity contribution < 1.29 is 5.06 Å². The van der Waals surface area contributed by atoms with E-state index in [1.807, 2.05) is 0 Å². The summed E-state index contributed by atoms with van der Waals surface area (Å²) in [5, 5.41) is 17.1. The molecule has 1 atom stereocenters. The molecule has 0 saturated carbocycles. The summed E-state index contributed by atoms with van der Waals surface area (Å²) in [6.07, 6.45) is 2.96. The molecule has 1 unspecified atom stereocenters. The van der Waals surface area contributed by atoms with Crippen LogP contribution in [0.5, 0.6) is 0 Å². The lowest BCUT2D eigenvalue weighted by atomic mass is 10.4. The second-order valence-electron chi connectivity index (χ2n) is 1.50. The summed E-state index contributed by atoms with van der Waals surface area (Å²) in [6.45, 7) is 0.306. The molecule has 1 heterocycles. The van der Waals surface area contributed by atoms with Gasteiger partial charge in [0.15, 0.2) is 0 Å². The zero-order valence-corrected chi connectivity index (χ0v) is 3.77. The highest BCUT2D eigenvalue weighted by molar-refractivity contribution is 5.94. The van der Waals surface area contributed by atoms with Crippen LogP contribution in [0.15, 0.2) is 12.3 Å². The van der Waals surface area contributed by atoms with E-state index in [1.54, 1.807) is 0 Å². The Balaban J connectivity index is 2.58. The number of quaternary nitrogens is 1. The summed E-state index contributed by atoms with van der Waals surface area (Å²) in [4.78, 5) is 0. The highest BCUT2D eigenvalue weighted by Gasteiger charge is 2.03. The molecule has 3 nitrogen and oxygen atoms in total. The van der Waals surface area contributed by atoms with Gasteiger partial charge in [-0.05, 0) is 0 Å². The Bertz CT molecular complexity index is 119. The van der Waals surface area contributed by atoms with Crippen LogP contribution in [0.2, 0.25) is 0 Å². The Morgan fingerprint density at radius 1 is 1.86 bits per heavy atom. The summed E-state index contributed by atoms with van der Waals surface area (Å²) in [5.41, 5.74) is 0.421. The third-order valence-electron chi connectivity index (χ3n) is 0.835. The molecule has 0 radical (unpaired) electrons. The first kappa shape index (κ1) is 4.49. The first-order chi connectivity index (χ1) is 3.29. The Hall–Kier alpha value is -0.670. The van der Waals surface area contributed by atoms with Gasteiger partial charge in [0.05, 0.1) is 11.9 Å². The van der Waals surface area contributed by atoms with Crippen molar-refractivity contribution in [2.45, 2.75) is 0 Å². The minimum absolute atomic E-state index is 0.0463. The van der Waals surface area contributed by atoms with Gasteiger partial charge in [0.2, 0.25) is 0 Å². The maximum Gasteiger partial charge on any atom is 0.123 e. The van der Waals surface area contributed by atoms with E-state index in [4.69, 9.17) is 5.41 Å². The maximum atomic E-state index is 10.2. The number of nitrogens with one attached hydrogen (secondary N) is 2. The minimum Gasteiger partial charge on any atom is -0.629 e. The van der Waals surface area contributed by atoms with Crippen molar-refractivity contribution in [1.29, 1.82) is 5.41 Å². The molecule has 1 aliphatic rings. The first-order valence-electron chi connectivity index (χ1n) is 2.07. The standard InChI is InChI=1S/C4H6N2O/c5-4-1-2-6(7)3-4/h1-2,5-6H,3H2. The predicted molar refractivity (Wildman–Crippen MR) is 26.1 cm³/mol. The largest absolute Gasteiger partial charge is 0.629 e. The van der Waals surface area contributed by atoms with Gasteiger partial charge in [-0.3, -0.25) is 5.41 Å². The molecule has 0 aromatic heterocycles. The third-order valence-corrected chi connectivity index (χ3v) is 0.835. The van der Waals surface area contributed by atoms with Crippen molar-refractivity contribution in [1.82, 2.24) is 0 Å². The quantitative estimate of drug-likeness (QED) is 0.372. The smallest absolute Gasteiger partial charge is 0.123 e. The molecular formula is C4H6N2O. The molecule has 0 spiro atoms. The van der Waals surface area contributed by atoms with E-state index >= 15 is 0 Å². The molecule has 0 fully saturated rings. The van der Waals surface area contributed by atoms with Crippen LogP contribution in [0, 0.1) is 10.6 Å². The van der Waals surface area contributed by atoms with E-state index in [9.17, 15) is 5.21 Å². The van der Waals surface area contributed by atoms with Gasteiger partial charge in [0.1, 0.15) is 6.54 Å². The molecule has 0 saturated heterocycles. The monoisotopic (exact) mass is 98.0 g/mol. The molecule has 3 heteroatoms. The molecular weight excluding hydrogens is 92.1 g/mol. The molecule has 0 aliphatic carbocycles. The van der Waals surface area contributed by atoms with E-state index in [2.05, 4.69) is 0 Å². The maximum absolute atomic E-state index is 10.2. The Kier molecular flexibility index (Phi) is 0.923. The molecule has 0 aromatic carbocycles. The van der Waals surface area contributed by atoms with Gasteiger partial charge in [-0.15, -0.1) is 0 Å². The number of rotatable bonds is 0. The van der Waals surface area contributed by atoms with Gasteiger partial charge < -0.3 is 10.3 Å². The van der Waals surface area contributed by atoms with E-state index in [0.29, 0.717) is 12.3 Å². The molecule has 38 valence electrons. The Morgan fingerprint density at radius 2 is 2.57 bits per heavy atom. The summed E-state index contributed by atoms with van der Waals surface area (Å²) >= 11 is 0. The Labute approximate surface area is 41.3 Å². The van der Waals surface area contributed by atoms with Crippen molar-refractivity contribution in [3.8, 4) is 0 Å². The average molecular weight is 98.1 g/mol. The van der Waals surface area contributed by atoms with Gasteiger partial charge >= 0.3 is 0 Å². The molecule has 0 aromatic rings. The van der Waals surface area contributed by atoms with Crippen LogP contribution in [-0.4, -0.2) is 12.3 Å². The van der Waals surface area contributed by atoms with Crippen LogP contribution < -0.4 is 5.06 Å². The molecule has 0 bridgehead atoms. The van der Waals surface area contributed by atoms with E-state index in [-0.39, 0.29) is 5.06 Å². The van der Waals surface area contributed by atoms with Gasteiger partial charge in [-0.25, -0.2) is 0 Å². The zero-order chi connectivity index (χ0) is 5.28. The zero-order valence-electron chi connectivity index (χ0n) is 3.77. The molecule has 1 rings (SSSR count). The van der Waals surface area contributed by atoms with Crippen LogP contribution in [0.1, 0.15) is 0 Å². The van der Waals surface area contributed by atoms with Gasteiger partial charge in [0, 0.05) is 6.08 Å². The summed E-state index contributed by atoms with van der Waals surface area (Å²) in [5.74, 6) is 0. The highest BCUT2D eigenvalue weighted by Crippen LogP contribution is 1.74. The predicted octanol–water partition coefficient (Wildman–Crippen LogP) is -1.08. The van der Waals surface area contributed by atoms with Crippen LogP contribution >= 0.6 is 0 Å². The van der Waals surface area contributed by atoms with Gasteiger partial charge in [0.25, 0.3) is 0 Å². The highest BCUT2D eigenvalue weighted by atomic mass is 16.5. The average Bonchev–Trinajstić information content (AvgIpc) is 1.87. The lowest BCUT2D eigenvalue weighted by Gasteiger charge is -2.08. The van der Waals surface area contributed by atoms with Crippen LogP contribution in [0.25, 0.3) is 0 Å². The lowest BCUT2D eigenvalue weighted by molar-refractivity contribution is -0.776. The fraction of sp³-hybridized carbons (Fsp3) is 0.250. The SMILES string of the molecule is N=C1C=C[NH+]([O-])C1. The van der Waals surface area contributed by atoms with Crippen LogP contribution in [0.4, 0.5) is 0 Å². The van der Waals surface area contributed by atoms with Crippen molar-refractivity contribution >= 4 is 5.71 Å². The topological polar surface area (TPSA) is 51.4 Å². The number of hydrogen-bond acceptors (Lipinski definition) is 2. The van der Waals surface area contributed by atoms with E-state index < -0.39 is 0 Å². The fourth-order valence-electron chi connectivity index (χ4n) is 0.499. The minimum atomic E-state index is 0.0463. The van der Waals surface area contributed by atoms with Crippen molar-refractivity contribution in [2.24, 2.45) is 0 Å². The van der Waals surface area contributed by atoms with Crippen molar-refractivity contribution in [3.63, 3.8) is 0 Å². The molecule has 0 amide bonds. The normalized spacial score (nSPS) is 29.3. The third kappa shape index (κ3) is 0.852. The molecule has 1 aliphatic heterocycles. The second-order valence-corrected chi connectivity index (χ2v) is 1.50.